The minimum absolute atomic E-state index is 0.571. The molecular weight excluding hydrogens is 275 g/mol. The zero-order valence-electron chi connectivity index (χ0n) is 8.52. The standard InChI is InChI=1S/C14H5Cl3/c15-9-2-4-10-8(7-9)1-3-11-12(16)5-6-13(17)14(10)11/h1-4,6H. The number of rotatable bonds is 0. The Morgan fingerprint density at radius 2 is 1.65 bits per heavy atom. The fourth-order valence-electron chi connectivity index (χ4n) is 1.95. The van der Waals surface area contributed by atoms with Crippen molar-refractivity contribution in [1.29, 1.82) is 0 Å². The van der Waals surface area contributed by atoms with Crippen LogP contribution in [-0.2, 0) is 0 Å². The Morgan fingerprint density at radius 3 is 2.47 bits per heavy atom. The predicted molar refractivity (Wildman–Crippen MR) is 74.2 cm³/mol. The molecule has 0 aliphatic rings. The highest BCUT2D eigenvalue weighted by molar-refractivity contribution is 6.42. The van der Waals surface area contributed by atoms with Gasteiger partial charge in [0.2, 0.25) is 0 Å². The van der Waals surface area contributed by atoms with E-state index < -0.39 is 0 Å². The molecule has 0 unspecified atom stereocenters. The van der Waals surface area contributed by atoms with E-state index in [9.17, 15) is 0 Å². The molecule has 0 bridgehead atoms. The van der Waals surface area contributed by atoms with E-state index in [1.165, 1.54) is 0 Å². The largest absolute Gasteiger partial charge is 0.0836 e. The summed E-state index contributed by atoms with van der Waals surface area (Å²) in [6, 6.07) is 15.2. The molecule has 0 N–H and O–H groups in total. The minimum atomic E-state index is 0.571. The molecule has 0 spiro atoms. The molecule has 0 nitrogen and oxygen atoms in total. The van der Waals surface area contributed by atoms with Gasteiger partial charge in [0.1, 0.15) is 0 Å². The van der Waals surface area contributed by atoms with Crippen LogP contribution in [0.3, 0.4) is 0 Å². The van der Waals surface area contributed by atoms with Crippen LogP contribution in [0.1, 0.15) is 0 Å². The highest BCUT2D eigenvalue weighted by Gasteiger charge is 2.08. The fourth-order valence-corrected chi connectivity index (χ4v) is 2.58. The maximum Gasteiger partial charge on any atom is 0.0564 e. The van der Waals surface area contributed by atoms with Crippen molar-refractivity contribution in [1.82, 2.24) is 0 Å². The Bertz CT molecular complexity index is 732. The van der Waals surface area contributed by atoms with Crippen LogP contribution in [0.25, 0.3) is 21.5 Å². The van der Waals surface area contributed by atoms with Gasteiger partial charge in [-0.1, -0.05) is 53.0 Å². The van der Waals surface area contributed by atoms with Crippen LogP contribution in [0.5, 0.6) is 0 Å². The van der Waals surface area contributed by atoms with E-state index in [2.05, 4.69) is 12.1 Å². The molecule has 17 heavy (non-hydrogen) atoms. The van der Waals surface area contributed by atoms with Crippen LogP contribution in [-0.4, -0.2) is 0 Å². The second kappa shape index (κ2) is 4.06. The van der Waals surface area contributed by atoms with Gasteiger partial charge in [0, 0.05) is 33.0 Å². The van der Waals surface area contributed by atoms with Gasteiger partial charge in [-0.2, -0.15) is 0 Å². The topological polar surface area (TPSA) is 0 Å². The van der Waals surface area contributed by atoms with Gasteiger partial charge in [-0.15, -0.1) is 0 Å². The van der Waals surface area contributed by atoms with Crippen molar-refractivity contribution >= 4 is 56.3 Å². The van der Waals surface area contributed by atoms with E-state index in [1.807, 2.05) is 18.2 Å². The summed E-state index contributed by atoms with van der Waals surface area (Å²) < 4.78 is 0. The van der Waals surface area contributed by atoms with Gasteiger partial charge < -0.3 is 0 Å². The van der Waals surface area contributed by atoms with Crippen molar-refractivity contribution < 1.29 is 0 Å². The molecule has 0 fully saturated rings. The van der Waals surface area contributed by atoms with Crippen LogP contribution in [0, 0.1) is 12.1 Å². The summed E-state index contributed by atoms with van der Waals surface area (Å²) in [6.07, 6.45) is 0. The first-order valence-electron chi connectivity index (χ1n) is 4.97. The Balaban J connectivity index is 2.59. The van der Waals surface area contributed by atoms with E-state index in [1.54, 1.807) is 12.1 Å². The predicted octanol–water partition coefficient (Wildman–Crippen LogP) is 5.55. The molecule has 0 aliphatic heterocycles. The van der Waals surface area contributed by atoms with E-state index in [-0.39, 0.29) is 0 Å². The van der Waals surface area contributed by atoms with Crippen molar-refractivity contribution in [3.63, 3.8) is 0 Å². The first-order chi connectivity index (χ1) is 8.16. The Kier molecular flexibility index (Phi) is 2.67. The first kappa shape index (κ1) is 11.2. The smallest absolute Gasteiger partial charge is 0.0564 e. The van der Waals surface area contributed by atoms with Gasteiger partial charge in [-0.05, 0) is 22.9 Å². The number of fused-ring (bicyclic) bond motifs is 3. The first-order valence-corrected chi connectivity index (χ1v) is 6.10. The summed E-state index contributed by atoms with van der Waals surface area (Å²) in [5.41, 5.74) is 0. The summed E-state index contributed by atoms with van der Waals surface area (Å²) >= 11 is 18.2. The average Bonchev–Trinajstić information content (AvgIpc) is 2.32. The minimum Gasteiger partial charge on any atom is -0.0836 e. The number of halogens is 3. The zero-order chi connectivity index (χ0) is 12.0. The lowest BCUT2D eigenvalue weighted by atomic mass is 10.0. The number of hydrogen-bond acceptors (Lipinski definition) is 0. The Morgan fingerprint density at radius 1 is 0.882 bits per heavy atom. The van der Waals surface area contributed by atoms with Gasteiger partial charge >= 0.3 is 0 Å². The van der Waals surface area contributed by atoms with Crippen molar-refractivity contribution in [3.05, 3.63) is 57.5 Å². The Labute approximate surface area is 114 Å². The summed E-state index contributed by atoms with van der Waals surface area (Å²) in [7, 11) is 0. The normalized spacial score (nSPS) is 11.2. The van der Waals surface area contributed by atoms with Crippen LogP contribution >= 0.6 is 34.8 Å². The Hall–Kier alpha value is -0.950. The highest BCUT2D eigenvalue weighted by Crippen LogP contribution is 2.35. The van der Waals surface area contributed by atoms with Gasteiger partial charge in [0.05, 0.1) is 5.02 Å². The van der Waals surface area contributed by atoms with Crippen LogP contribution in [0.2, 0.25) is 15.1 Å². The maximum atomic E-state index is 6.21. The second-order valence-corrected chi connectivity index (χ2v) is 4.90. The lowest BCUT2D eigenvalue weighted by molar-refractivity contribution is 1.74. The van der Waals surface area contributed by atoms with Gasteiger partial charge in [-0.3, -0.25) is 0 Å². The third kappa shape index (κ3) is 1.77. The third-order valence-corrected chi connectivity index (χ3v) is 3.53. The highest BCUT2D eigenvalue weighted by atomic mass is 35.5. The van der Waals surface area contributed by atoms with Crippen molar-refractivity contribution in [2.45, 2.75) is 0 Å². The fraction of sp³-hybridized carbons (Fsp3) is 0. The molecule has 3 heteroatoms. The SMILES string of the molecule is Clc1[c]c2ccc3c(Cl)[c]cc(Cl)c3c2cc1. The summed E-state index contributed by atoms with van der Waals surface area (Å²) in [5.74, 6) is 0. The molecule has 2 radical (unpaired) electrons. The van der Waals surface area contributed by atoms with Crippen molar-refractivity contribution in [2.24, 2.45) is 0 Å². The molecule has 0 atom stereocenters. The quantitative estimate of drug-likeness (QED) is 0.473. The zero-order valence-corrected chi connectivity index (χ0v) is 10.8. The number of hydrogen-bond donors (Lipinski definition) is 0. The van der Waals surface area contributed by atoms with Gasteiger partial charge in [0.25, 0.3) is 0 Å². The molecule has 3 aromatic carbocycles. The van der Waals surface area contributed by atoms with Crippen molar-refractivity contribution in [3.8, 4) is 0 Å². The molecule has 3 rings (SSSR count). The van der Waals surface area contributed by atoms with Crippen LogP contribution in [0.4, 0.5) is 0 Å². The number of benzene rings is 3. The van der Waals surface area contributed by atoms with Gasteiger partial charge in [0.15, 0.2) is 0 Å². The van der Waals surface area contributed by atoms with Crippen LogP contribution in [0.15, 0.2) is 30.3 Å². The molecule has 0 saturated carbocycles. The molecule has 82 valence electrons. The van der Waals surface area contributed by atoms with E-state index in [4.69, 9.17) is 34.8 Å². The summed E-state index contributed by atoms with van der Waals surface area (Å²) in [5, 5.41) is 5.51. The van der Waals surface area contributed by atoms with E-state index in [0.717, 1.165) is 21.5 Å². The third-order valence-electron chi connectivity index (χ3n) is 2.70. The molecule has 3 aromatic rings. The van der Waals surface area contributed by atoms with Crippen molar-refractivity contribution in [2.75, 3.05) is 0 Å². The van der Waals surface area contributed by atoms with E-state index in [0.29, 0.717) is 15.1 Å². The van der Waals surface area contributed by atoms with Gasteiger partial charge in [-0.25, -0.2) is 0 Å². The summed E-state index contributed by atoms with van der Waals surface area (Å²) in [4.78, 5) is 0. The molecule has 0 amide bonds. The lowest BCUT2D eigenvalue weighted by Gasteiger charge is -2.07. The van der Waals surface area contributed by atoms with E-state index >= 15 is 0 Å². The molecule has 0 heterocycles. The van der Waals surface area contributed by atoms with Crippen LogP contribution < -0.4 is 0 Å². The molecule has 0 saturated heterocycles. The molecular formula is C14H5Cl3. The molecule has 0 aliphatic carbocycles. The maximum absolute atomic E-state index is 6.21. The second-order valence-electron chi connectivity index (χ2n) is 3.71. The average molecular weight is 280 g/mol. The lowest BCUT2D eigenvalue weighted by Crippen LogP contribution is -1.81. The molecule has 0 aromatic heterocycles. The monoisotopic (exact) mass is 278 g/mol. The summed E-state index contributed by atoms with van der Waals surface area (Å²) in [6.45, 7) is 0.